The van der Waals surface area contributed by atoms with E-state index in [0.29, 0.717) is 5.82 Å². The lowest BCUT2D eigenvalue weighted by Crippen LogP contribution is -2.00. The van der Waals surface area contributed by atoms with Crippen LogP contribution in [0.4, 0.5) is 5.82 Å². The van der Waals surface area contributed by atoms with E-state index in [1.54, 1.807) is 6.92 Å². The van der Waals surface area contributed by atoms with Gasteiger partial charge in [0.2, 0.25) is 5.82 Å². The number of benzene rings is 1. The Hall–Kier alpha value is -2.17. The predicted molar refractivity (Wildman–Crippen MR) is 68.4 cm³/mol. The minimum absolute atomic E-state index is 0.0767. The SMILES string of the molecule is Cc1nc([N+](=O)[O-])cn1CCCc1ccccc1. The highest BCUT2D eigenvalue weighted by atomic mass is 16.6. The number of nitrogens with zero attached hydrogens (tertiary/aromatic N) is 3. The lowest BCUT2D eigenvalue weighted by Gasteiger charge is -2.02. The first-order valence-electron chi connectivity index (χ1n) is 5.89. The van der Waals surface area contributed by atoms with Crippen molar-refractivity contribution in [2.75, 3.05) is 0 Å². The van der Waals surface area contributed by atoms with Gasteiger partial charge >= 0.3 is 5.82 Å². The summed E-state index contributed by atoms with van der Waals surface area (Å²) in [4.78, 5) is 14.0. The van der Waals surface area contributed by atoms with Crippen LogP contribution in [0, 0.1) is 17.0 Å². The maximum absolute atomic E-state index is 10.6. The van der Waals surface area contributed by atoms with Crippen LogP contribution in [0.2, 0.25) is 0 Å². The Kier molecular flexibility index (Phi) is 3.72. The van der Waals surface area contributed by atoms with Gasteiger partial charge in [-0.05, 0) is 28.3 Å². The first kappa shape index (κ1) is 12.3. The molecular weight excluding hydrogens is 230 g/mol. The Morgan fingerprint density at radius 3 is 2.67 bits per heavy atom. The van der Waals surface area contributed by atoms with Crippen molar-refractivity contribution < 1.29 is 4.92 Å². The van der Waals surface area contributed by atoms with E-state index in [-0.39, 0.29) is 5.82 Å². The fraction of sp³-hybridized carbons (Fsp3) is 0.308. The van der Waals surface area contributed by atoms with Crippen molar-refractivity contribution in [1.82, 2.24) is 9.55 Å². The van der Waals surface area contributed by atoms with E-state index in [1.807, 2.05) is 22.8 Å². The molecule has 0 unspecified atom stereocenters. The topological polar surface area (TPSA) is 61.0 Å². The van der Waals surface area contributed by atoms with Crippen molar-refractivity contribution in [3.8, 4) is 0 Å². The molecule has 0 radical (unpaired) electrons. The molecule has 94 valence electrons. The third kappa shape index (κ3) is 2.94. The molecule has 1 aromatic carbocycles. The highest BCUT2D eigenvalue weighted by molar-refractivity contribution is 5.17. The minimum Gasteiger partial charge on any atom is -0.358 e. The Morgan fingerprint density at radius 1 is 1.33 bits per heavy atom. The summed E-state index contributed by atoms with van der Waals surface area (Å²) in [5, 5.41) is 10.6. The van der Waals surface area contributed by atoms with Crippen molar-refractivity contribution in [2.45, 2.75) is 26.3 Å². The summed E-state index contributed by atoms with van der Waals surface area (Å²) in [6, 6.07) is 10.2. The van der Waals surface area contributed by atoms with Gasteiger partial charge in [0.15, 0.2) is 0 Å². The zero-order valence-corrected chi connectivity index (χ0v) is 10.2. The Balaban J connectivity index is 1.92. The molecule has 5 heteroatoms. The minimum atomic E-state index is -0.458. The summed E-state index contributed by atoms with van der Waals surface area (Å²) in [5.74, 6) is 0.613. The van der Waals surface area contributed by atoms with Crippen molar-refractivity contribution in [3.63, 3.8) is 0 Å². The zero-order valence-electron chi connectivity index (χ0n) is 10.2. The van der Waals surface area contributed by atoms with Crippen molar-refractivity contribution in [1.29, 1.82) is 0 Å². The maximum atomic E-state index is 10.6. The predicted octanol–water partition coefficient (Wildman–Crippen LogP) is 2.73. The smallest absolute Gasteiger partial charge is 0.358 e. The number of hydrogen-bond donors (Lipinski definition) is 0. The Bertz CT molecular complexity index is 534. The lowest BCUT2D eigenvalue weighted by molar-refractivity contribution is -0.389. The normalized spacial score (nSPS) is 10.5. The summed E-state index contributed by atoms with van der Waals surface area (Å²) in [5.41, 5.74) is 1.28. The number of rotatable bonds is 5. The van der Waals surface area contributed by atoms with Gasteiger partial charge in [-0.25, -0.2) is 0 Å². The van der Waals surface area contributed by atoms with Gasteiger partial charge in [0.25, 0.3) is 0 Å². The number of nitro groups is 1. The van der Waals surface area contributed by atoms with E-state index in [0.717, 1.165) is 19.4 Å². The highest BCUT2D eigenvalue weighted by Crippen LogP contribution is 2.12. The first-order valence-corrected chi connectivity index (χ1v) is 5.89. The standard InChI is InChI=1S/C13H15N3O2/c1-11-14-13(16(17)18)10-15(11)9-5-8-12-6-3-2-4-7-12/h2-4,6-7,10H,5,8-9H2,1H3. The van der Waals surface area contributed by atoms with Crippen LogP contribution in [-0.2, 0) is 13.0 Å². The lowest BCUT2D eigenvalue weighted by atomic mass is 10.1. The molecule has 0 saturated carbocycles. The summed E-state index contributed by atoms with van der Waals surface area (Å²) in [6.45, 7) is 2.54. The van der Waals surface area contributed by atoms with E-state index in [1.165, 1.54) is 11.8 Å². The van der Waals surface area contributed by atoms with Gasteiger partial charge in [-0.15, -0.1) is 0 Å². The second kappa shape index (κ2) is 5.44. The fourth-order valence-corrected chi connectivity index (χ4v) is 1.90. The molecule has 0 saturated heterocycles. The van der Waals surface area contributed by atoms with E-state index >= 15 is 0 Å². The van der Waals surface area contributed by atoms with Gasteiger partial charge in [0.05, 0.1) is 0 Å². The van der Waals surface area contributed by atoms with Crippen LogP contribution in [0.5, 0.6) is 0 Å². The molecular formula is C13H15N3O2. The van der Waals surface area contributed by atoms with Gasteiger partial charge in [-0.3, -0.25) is 0 Å². The van der Waals surface area contributed by atoms with Gasteiger partial charge in [-0.1, -0.05) is 30.3 Å². The molecule has 5 nitrogen and oxygen atoms in total. The van der Waals surface area contributed by atoms with Crippen LogP contribution in [0.1, 0.15) is 17.8 Å². The molecule has 1 aromatic heterocycles. The van der Waals surface area contributed by atoms with Crippen LogP contribution < -0.4 is 0 Å². The van der Waals surface area contributed by atoms with E-state index in [2.05, 4.69) is 17.1 Å². The molecule has 0 aliphatic heterocycles. The summed E-state index contributed by atoms with van der Waals surface area (Å²) >= 11 is 0. The summed E-state index contributed by atoms with van der Waals surface area (Å²) in [7, 11) is 0. The van der Waals surface area contributed by atoms with Crippen LogP contribution in [0.25, 0.3) is 0 Å². The quantitative estimate of drug-likeness (QED) is 0.601. The summed E-state index contributed by atoms with van der Waals surface area (Å²) in [6.07, 6.45) is 3.41. The van der Waals surface area contributed by atoms with Crippen LogP contribution >= 0.6 is 0 Å². The largest absolute Gasteiger partial charge is 0.381 e. The van der Waals surface area contributed by atoms with Gasteiger partial charge in [0.1, 0.15) is 6.20 Å². The number of imidazole rings is 1. The fourth-order valence-electron chi connectivity index (χ4n) is 1.90. The number of aromatic nitrogens is 2. The van der Waals surface area contributed by atoms with Crippen molar-refractivity contribution >= 4 is 5.82 Å². The average Bonchev–Trinajstić information content (AvgIpc) is 2.73. The first-order chi connectivity index (χ1) is 8.66. The summed E-state index contributed by atoms with van der Waals surface area (Å²) < 4.78 is 1.83. The molecule has 0 N–H and O–H groups in total. The third-order valence-corrected chi connectivity index (χ3v) is 2.86. The molecule has 0 fully saturated rings. The Morgan fingerprint density at radius 2 is 2.06 bits per heavy atom. The molecule has 2 rings (SSSR count). The molecule has 0 spiro atoms. The van der Waals surface area contributed by atoms with Crippen LogP contribution in [-0.4, -0.2) is 14.5 Å². The van der Waals surface area contributed by atoms with E-state index in [4.69, 9.17) is 0 Å². The second-order valence-electron chi connectivity index (χ2n) is 4.19. The third-order valence-electron chi connectivity index (χ3n) is 2.86. The van der Waals surface area contributed by atoms with Gasteiger partial charge in [0, 0.05) is 13.5 Å². The van der Waals surface area contributed by atoms with Crippen LogP contribution in [0.15, 0.2) is 36.5 Å². The van der Waals surface area contributed by atoms with Crippen LogP contribution in [0.3, 0.4) is 0 Å². The molecule has 0 aliphatic carbocycles. The van der Waals surface area contributed by atoms with E-state index < -0.39 is 4.92 Å². The zero-order chi connectivity index (χ0) is 13.0. The molecule has 0 amide bonds. The molecule has 1 heterocycles. The van der Waals surface area contributed by atoms with Gasteiger partial charge in [-0.2, -0.15) is 0 Å². The highest BCUT2D eigenvalue weighted by Gasteiger charge is 2.14. The molecule has 18 heavy (non-hydrogen) atoms. The number of aryl methyl sites for hydroxylation is 3. The Labute approximate surface area is 105 Å². The number of hydrogen-bond acceptors (Lipinski definition) is 3. The van der Waals surface area contributed by atoms with Crippen molar-refractivity contribution in [3.05, 3.63) is 58.0 Å². The average molecular weight is 245 g/mol. The molecule has 2 aromatic rings. The molecule has 0 atom stereocenters. The second-order valence-corrected chi connectivity index (χ2v) is 4.19. The van der Waals surface area contributed by atoms with Crippen molar-refractivity contribution in [2.24, 2.45) is 0 Å². The maximum Gasteiger partial charge on any atom is 0.381 e. The van der Waals surface area contributed by atoms with E-state index in [9.17, 15) is 10.1 Å². The monoisotopic (exact) mass is 245 g/mol. The molecule has 0 bridgehead atoms. The van der Waals surface area contributed by atoms with Gasteiger partial charge < -0.3 is 14.7 Å². The molecule has 0 aliphatic rings.